The van der Waals surface area contributed by atoms with Gasteiger partial charge < -0.3 is 0 Å². The van der Waals surface area contributed by atoms with Crippen LogP contribution in [0.1, 0.15) is 64.7 Å². The van der Waals surface area contributed by atoms with Gasteiger partial charge in [0.1, 0.15) is 0 Å². The molecule has 20 heavy (non-hydrogen) atoms. The average Bonchev–Trinajstić information content (AvgIpc) is 2.52. The van der Waals surface area contributed by atoms with E-state index in [0.29, 0.717) is 5.92 Å². The molecule has 0 bridgehead atoms. The SMILES string of the molecule is CC[C@H]1CC[C@H](/C=C/[C@H]2CC[C@H](/C=C/C#N)CC2)CC1. The Morgan fingerprint density at radius 1 is 0.800 bits per heavy atom. The number of hydrogen-bond donors (Lipinski definition) is 0. The Balaban J connectivity index is 1.69. The van der Waals surface area contributed by atoms with Crippen LogP contribution in [-0.4, -0.2) is 0 Å². The molecule has 2 aliphatic rings. The molecule has 110 valence electrons. The zero-order chi connectivity index (χ0) is 14.2. The number of allylic oxidation sites excluding steroid dienone is 4. The van der Waals surface area contributed by atoms with Crippen molar-refractivity contribution in [3.05, 3.63) is 24.3 Å². The van der Waals surface area contributed by atoms with Gasteiger partial charge in [0.2, 0.25) is 0 Å². The van der Waals surface area contributed by atoms with Gasteiger partial charge in [-0.25, -0.2) is 0 Å². The summed E-state index contributed by atoms with van der Waals surface area (Å²) in [5, 5.41) is 8.57. The second kappa shape index (κ2) is 8.30. The first-order valence-corrected chi connectivity index (χ1v) is 8.56. The first-order valence-electron chi connectivity index (χ1n) is 8.56. The van der Waals surface area contributed by atoms with Gasteiger partial charge in [-0.15, -0.1) is 0 Å². The summed E-state index contributed by atoms with van der Waals surface area (Å²) in [5.74, 6) is 3.31. The van der Waals surface area contributed by atoms with Crippen LogP contribution in [0.3, 0.4) is 0 Å². The lowest BCUT2D eigenvalue weighted by molar-refractivity contribution is 0.301. The molecular formula is C19H29N. The molecule has 2 aliphatic carbocycles. The highest BCUT2D eigenvalue weighted by Crippen LogP contribution is 2.34. The molecule has 0 amide bonds. The lowest BCUT2D eigenvalue weighted by Gasteiger charge is -2.27. The molecule has 0 spiro atoms. The van der Waals surface area contributed by atoms with Crippen LogP contribution in [0.5, 0.6) is 0 Å². The summed E-state index contributed by atoms with van der Waals surface area (Å²) in [6.07, 6.45) is 21.0. The van der Waals surface area contributed by atoms with Crippen LogP contribution in [0.2, 0.25) is 0 Å². The second-order valence-corrected chi connectivity index (χ2v) is 6.74. The average molecular weight is 271 g/mol. The standard InChI is InChI=1S/C19H29N/c1-2-16-5-7-18(8-6-16)13-14-19-11-9-17(10-12-19)4-3-15-20/h3-4,13-14,16-19H,2,5-12H2,1H3/b4-3+,14-13+/t16-,17-,18-,19-. The van der Waals surface area contributed by atoms with Crippen LogP contribution in [0.25, 0.3) is 0 Å². The molecule has 1 heteroatoms. The van der Waals surface area contributed by atoms with E-state index in [1.54, 1.807) is 6.08 Å². The summed E-state index contributed by atoms with van der Waals surface area (Å²) in [6.45, 7) is 2.33. The van der Waals surface area contributed by atoms with Crippen molar-refractivity contribution in [2.24, 2.45) is 23.7 Å². The van der Waals surface area contributed by atoms with Crippen molar-refractivity contribution in [2.45, 2.75) is 64.7 Å². The molecule has 0 radical (unpaired) electrons. The fourth-order valence-electron chi connectivity index (χ4n) is 3.81. The number of nitriles is 1. The lowest BCUT2D eigenvalue weighted by atomic mass is 9.78. The molecule has 0 atom stereocenters. The lowest BCUT2D eigenvalue weighted by Crippen LogP contribution is -2.14. The summed E-state index contributed by atoms with van der Waals surface area (Å²) < 4.78 is 0. The van der Waals surface area contributed by atoms with Crippen molar-refractivity contribution in [3.8, 4) is 6.07 Å². The normalized spacial score (nSPS) is 35.4. The van der Waals surface area contributed by atoms with Gasteiger partial charge in [-0.05, 0) is 75.0 Å². The maximum absolute atomic E-state index is 8.57. The maximum atomic E-state index is 8.57. The third-order valence-electron chi connectivity index (χ3n) is 5.38. The van der Waals surface area contributed by atoms with Crippen molar-refractivity contribution in [3.63, 3.8) is 0 Å². The van der Waals surface area contributed by atoms with Crippen LogP contribution in [0.15, 0.2) is 24.3 Å². The zero-order valence-electron chi connectivity index (χ0n) is 12.9. The van der Waals surface area contributed by atoms with Crippen molar-refractivity contribution >= 4 is 0 Å². The fraction of sp³-hybridized carbons (Fsp3) is 0.737. The van der Waals surface area contributed by atoms with E-state index < -0.39 is 0 Å². The van der Waals surface area contributed by atoms with Crippen LogP contribution in [0, 0.1) is 35.0 Å². The minimum Gasteiger partial charge on any atom is -0.193 e. The van der Waals surface area contributed by atoms with Gasteiger partial charge >= 0.3 is 0 Å². The Bertz CT molecular complexity index is 358. The molecule has 0 aliphatic heterocycles. The van der Waals surface area contributed by atoms with Crippen molar-refractivity contribution in [2.75, 3.05) is 0 Å². The van der Waals surface area contributed by atoms with E-state index >= 15 is 0 Å². The number of hydrogen-bond acceptors (Lipinski definition) is 1. The maximum Gasteiger partial charge on any atom is 0.0908 e. The van der Waals surface area contributed by atoms with Crippen molar-refractivity contribution in [1.29, 1.82) is 5.26 Å². The summed E-state index contributed by atoms with van der Waals surface area (Å²) in [7, 11) is 0. The minimum absolute atomic E-state index is 0.652. The topological polar surface area (TPSA) is 23.8 Å². The number of nitrogens with zero attached hydrogens (tertiary/aromatic N) is 1. The predicted octanol–water partition coefficient (Wildman–Crippen LogP) is 5.65. The zero-order valence-corrected chi connectivity index (χ0v) is 12.9. The first-order chi connectivity index (χ1) is 9.81. The molecule has 0 heterocycles. The minimum atomic E-state index is 0.652. The Morgan fingerprint density at radius 3 is 1.70 bits per heavy atom. The predicted molar refractivity (Wildman–Crippen MR) is 85.1 cm³/mol. The molecule has 0 saturated heterocycles. The van der Waals surface area contributed by atoms with Gasteiger partial charge in [-0.3, -0.25) is 0 Å². The largest absolute Gasteiger partial charge is 0.193 e. The summed E-state index contributed by atoms with van der Waals surface area (Å²) in [5.41, 5.74) is 0. The third-order valence-corrected chi connectivity index (χ3v) is 5.38. The van der Waals surface area contributed by atoms with E-state index in [0.717, 1.165) is 17.8 Å². The number of rotatable bonds is 4. The van der Waals surface area contributed by atoms with Gasteiger partial charge in [0.25, 0.3) is 0 Å². The Morgan fingerprint density at radius 2 is 1.25 bits per heavy atom. The summed E-state index contributed by atoms with van der Waals surface area (Å²) in [6, 6.07) is 2.11. The molecule has 0 aromatic carbocycles. The van der Waals surface area contributed by atoms with Gasteiger partial charge in [0.05, 0.1) is 6.07 Å². The smallest absolute Gasteiger partial charge is 0.0908 e. The van der Waals surface area contributed by atoms with E-state index in [-0.39, 0.29) is 0 Å². The summed E-state index contributed by atoms with van der Waals surface area (Å²) in [4.78, 5) is 0. The van der Waals surface area contributed by atoms with Gasteiger partial charge in [-0.2, -0.15) is 5.26 Å². The quantitative estimate of drug-likeness (QED) is 0.479. The second-order valence-electron chi connectivity index (χ2n) is 6.74. The van der Waals surface area contributed by atoms with Gasteiger partial charge in [0, 0.05) is 6.08 Å². The van der Waals surface area contributed by atoms with E-state index in [1.165, 1.54) is 57.8 Å². The Labute approximate surface area is 124 Å². The van der Waals surface area contributed by atoms with Crippen LogP contribution < -0.4 is 0 Å². The van der Waals surface area contributed by atoms with Crippen molar-refractivity contribution < 1.29 is 0 Å². The van der Waals surface area contributed by atoms with Crippen LogP contribution in [0.4, 0.5) is 0 Å². The van der Waals surface area contributed by atoms with E-state index in [2.05, 4.69) is 31.2 Å². The molecule has 2 saturated carbocycles. The monoisotopic (exact) mass is 271 g/mol. The van der Waals surface area contributed by atoms with Gasteiger partial charge in [-0.1, -0.05) is 31.6 Å². The third kappa shape index (κ3) is 4.82. The molecule has 0 aromatic rings. The van der Waals surface area contributed by atoms with E-state index in [4.69, 9.17) is 5.26 Å². The molecule has 0 unspecified atom stereocenters. The fourth-order valence-corrected chi connectivity index (χ4v) is 3.81. The highest BCUT2D eigenvalue weighted by atomic mass is 14.3. The molecule has 2 rings (SSSR count). The van der Waals surface area contributed by atoms with Crippen LogP contribution >= 0.6 is 0 Å². The van der Waals surface area contributed by atoms with Crippen LogP contribution in [-0.2, 0) is 0 Å². The highest BCUT2D eigenvalue weighted by Gasteiger charge is 2.20. The Kier molecular flexibility index (Phi) is 6.37. The molecule has 0 aromatic heterocycles. The van der Waals surface area contributed by atoms with Crippen molar-refractivity contribution in [1.82, 2.24) is 0 Å². The van der Waals surface area contributed by atoms with Gasteiger partial charge in [0.15, 0.2) is 0 Å². The molecular weight excluding hydrogens is 242 g/mol. The summed E-state index contributed by atoms with van der Waals surface area (Å²) >= 11 is 0. The first kappa shape index (κ1) is 15.4. The molecule has 2 fully saturated rings. The molecule has 0 N–H and O–H groups in total. The van der Waals surface area contributed by atoms with E-state index in [9.17, 15) is 0 Å². The molecule has 1 nitrogen and oxygen atoms in total. The Hall–Kier alpha value is -1.03. The van der Waals surface area contributed by atoms with E-state index in [1.807, 2.05) is 0 Å². The highest BCUT2D eigenvalue weighted by molar-refractivity contribution is 5.05.